The van der Waals surface area contributed by atoms with Gasteiger partial charge in [0.1, 0.15) is 0 Å². The van der Waals surface area contributed by atoms with Crippen LogP contribution in [0.25, 0.3) is 11.3 Å². The molecule has 2 N–H and O–H groups in total. The van der Waals surface area contributed by atoms with Gasteiger partial charge in [0, 0.05) is 42.1 Å². The molecule has 2 aromatic rings. The van der Waals surface area contributed by atoms with E-state index in [1.54, 1.807) is 4.57 Å². The lowest BCUT2D eigenvalue weighted by Gasteiger charge is -2.33. The van der Waals surface area contributed by atoms with E-state index in [-0.39, 0.29) is 24.2 Å². The molecular weight excluding hydrogens is 348 g/mol. The highest BCUT2D eigenvalue weighted by Crippen LogP contribution is 2.40. The van der Waals surface area contributed by atoms with Crippen molar-refractivity contribution in [3.63, 3.8) is 0 Å². The summed E-state index contributed by atoms with van der Waals surface area (Å²) in [4.78, 5) is 18.3. The molecule has 0 fully saturated rings. The molecule has 1 aliphatic carbocycles. The van der Waals surface area contributed by atoms with Gasteiger partial charge in [-0.1, -0.05) is 49.9 Å². The van der Waals surface area contributed by atoms with Gasteiger partial charge in [0.2, 0.25) is 0 Å². The highest BCUT2D eigenvalue weighted by molar-refractivity contribution is 7.99. The van der Waals surface area contributed by atoms with E-state index in [1.165, 1.54) is 17.3 Å². The van der Waals surface area contributed by atoms with Crippen LogP contribution in [-0.2, 0) is 18.4 Å². The van der Waals surface area contributed by atoms with Gasteiger partial charge in [0.15, 0.2) is 5.16 Å². The molecule has 1 aromatic heterocycles. The van der Waals surface area contributed by atoms with Gasteiger partial charge in [0.25, 0.3) is 5.56 Å². The number of benzene rings is 1. The third kappa shape index (κ3) is 3.59. The Morgan fingerprint density at radius 3 is 2.65 bits per heavy atom. The van der Waals surface area contributed by atoms with Crippen LogP contribution in [0.4, 0.5) is 0 Å². The summed E-state index contributed by atoms with van der Waals surface area (Å²) in [5.41, 5.74) is 3.51. The number of hydrogen-bond donors (Lipinski definition) is 2. The standard InChI is InChI=1S/C20H26N2O3S/c1-20(2)13-14-7-3-4-8-15(14)17-16(20)18(25)22(9-5-10-23)19(21-17)26-12-6-11-24/h3-4,7-8,23-24H,5-6,9-13H2,1-2H3. The highest BCUT2D eigenvalue weighted by atomic mass is 32.2. The van der Waals surface area contributed by atoms with Crippen LogP contribution >= 0.6 is 11.8 Å². The van der Waals surface area contributed by atoms with E-state index in [0.717, 1.165) is 23.2 Å². The van der Waals surface area contributed by atoms with Gasteiger partial charge in [-0.15, -0.1) is 0 Å². The molecule has 0 saturated carbocycles. The van der Waals surface area contributed by atoms with Crippen LogP contribution in [-0.4, -0.2) is 38.7 Å². The Bertz CT molecular complexity index is 845. The number of rotatable bonds is 7. The molecule has 1 aliphatic rings. The molecule has 0 radical (unpaired) electrons. The van der Waals surface area contributed by atoms with Gasteiger partial charge in [-0.25, -0.2) is 4.98 Å². The molecule has 5 nitrogen and oxygen atoms in total. The molecule has 0 unspecified atom stereocenters. The largest absolute Gasteiger partial charge is 0.396 e. The first-order valence-corrected chi connectivity index (χ1v) is 10.1. The van der Waals surface area contributed by atoms with E-state index in [4.69, 9.17) is 10.1 Å². The Kier molecular flexibility index (Phi) is 5.85. The predicted molar refractivity (Wildman–Crippen MR) is 105 cm³/mol. The molecule has 1 heterocycles. The Balaban J connectivity index is 2.19. The van der Waals surface area contributed by atoms with E-state index in [2.05, 4.69) is 19.9 Å². The van der Waals surface area contributed by atoms with E-state index < -0.39 is 0 Å². The molecule has 0 aliphatic heterocycles. The fraction of sp³-hybridized carbons (Fsp3) is 0.500. The first-order chi connectivity index (χ1) is 12.5. The average Bonchev–Trinajstić information content (AvgIpc) is 2.60. The molecule has 6 heteroatoms. The average molecular weight is 375 g/mol. The van der Waals surface area contributed by atoms with Crippen molar-refractivity contribution in [3.8, 4) is 11.3 Å². The Morgan fingerprint density at radius 1 is 1.19 bits per heavy atom. The summed E-state index contributed by atoms with van der Waals surface area (Å²) in [7, 11) is 0. The van der Waals surface area contributed by atoms with E-state index >= 15 is 0 Å². The fourth-order valence-corrected chi connectivity index (χ4v) is 4.52. The maximum atomic E-state index is 13.4. The number of nitrogens with zero attached hydrogens (tertiary/aromatic N) is 2. The van der Waals surface area contributed by atoms with Crippen molar-refractivity contribution in [3.05, 3.63) is 45.7 Å². The summed E-state index contributed by atoms with van der Waals surface area (Å²) in [6, 6.07) is 8.16. The second-order valence-corrected chi connectivity index (χ2v) is 8.36. The second-order valence-electron chi connectivity index (χ2n) is 7.30. The van der Waals surface area contributed by atoms with Crippen LogP contribution in [0.5, 0.6) is 0 Å². The van der Waals surface area contributed by atoms with Gasteiger partial charge in [0.05, 0.1) is 5.69 Å². The van der Waals surface area contributed by atoms with E-state index in [1.807, 2.05) is 18.2 Å². The predicted octanol–water partition coefficient (Wildman–Crippen LogP) is 2.60. The smallest absolute Gasteiger partial charge is 0.258 e. The molecule has 26 heavy (non-hydrogen) atoms. The monoisotopic (exact) mass is 374 g/mol. The zero-order valence-corrected chi connectivity index (χ0v) is 16.2. The minimum absolute atomic E-state index is 0.00514. The molecular formula is C20H26N2O3S. The van der Waals surface area contributed by atoms with Crippen molar-refractivity contribution in [2.75, 3.05) is 19.0 Å². The van der Waals surface area contributed by atoms with Crippen LogP contribution in [0.3, 0.4) is 0 Å². The van der Waals surface area contributed by atoms with Crippen molar-refractivity contribution in [2.45, 2.75) is 50.2 Å². The normalized spacial score (nSPS) is 14.8. The van der Waals surface area contributed by atoms with Gasteiger partial charge in [-0.3, -0.25) is 9.36 Å². The summed E-state index contributed by atoms with van der Waals surface area (Å²) in [6.07, 6.45) is 1.98. The summed E-state index contributed by atoms with van der Waals surface area (Å²) in [6.45, 7) is 4.81. The molecule has 0 spiro atoms. The van der Waals surface area contributed by atoms with Gasteiger partial charge in [-0.2, -0.15) is 0 Å². The molecule has 0 amide bonds. The van der Waals surface area contributed by atoms with Crippen molar-refractivity contribution < 1.29 is 10.2 Å². The van der Waals surface area contributed by atoms with Crippen LogP contribution < -0.4 is 5.56 Å². The van der Waals surface area contributed by atoms with Crippen molar-refractivity contribution in [2.24, 2.45) is 0 Å². The van der Waals surface area contributed by atoms with Crippen LogP contribution in [0.15, 0.2) is 34.2 Å². The van der Waals surface area contributed by atoms with Crippen LogP contribution in [0.1, 0.15) is 37.8 Å². The lowest BCUT2D eigenvalue weighted by molar-refractivity contribution is 0.276. The summed E-state index contributed by atoms with van der Waals surface area (Å²) in [5, 5.41) is 19.0. The number of hydrogen-bond acceptors (Lipinski definition) is 5. The highest BCUT2D eigenvalue weighted by Gasteiger charge is 2.35. The van der Waals surface area contributed by atoms with Gasteiger partial charge in [-0.05, 0) is 24.8 Å². The maximum Gasteiger partial charge on any atom is 0.258 e. The summed E-state index contributed by atoms with van der Waals surface area (Å²) >= 11 is 1.49. The Morgan fingerprint density at radius 2 is 1.92 bits per heavy atom. The van der Waals surface area contributed by atoms with Crippen molar-refractivity contribution in [1.29, 1.82) is 0 Å². The zero-order valence-electron chi connectivity index (χ0n) is 15.4. The molecule has 140 valence electrons. The first-order valence-electron chi connectivity index (χ1n) is 9.07. The SMILES string of the molecule is CC1(C)Cc2ccccc2-c2nc(SCCCO)n(CCCO)c(=O)c21. The lowest BCUT2D eigenvalue weighted by Crippen LogP contribution is -2.38. The number of thioether (sulfide) groups is 1. The third-order valence-electron chi connectivity index (χ3n) is 4.79. The number of aromatic nitrogens is 2. The minimum Gasteiger partial charge on any atom is -0.396 e. The second kappa shape index (κ2) is 7.94. The van der Waals surface area contributed by atoms with Gasteiger partial charge < -0.3 is 10.2 Å². The Labute approximate surface area is 158 Å². The van der Waals surface area contributed by atoms with E-state index in [9.17, 15) is 9.90 Å². The van der Waals surface area contributed by atoms with Crippen LogP contribution in [0, 0.1) is 0 Å². The number of aliphatic hydroxyl groups excluding tert-OH is 2. The molecule has 0 atom stereocenters. The summed E-state index contributed by atoms with van der Waals surface area (Å²) in [5.74, 6) is 0.700. The third-order valence-corrected chi connectivity index (χ3v) is 5.85. The quantitative estimate of drug-likeness (QED) is 0.443. The van der Waals surface area contributed by atoms with Gasteiger partial charge >= 0.3 is 0 Å². The number of fused-ring (bicyclic) bond motifs is 3. The molecule has 3 rings (SSSR count). The van der Waals surface area contributed by atoms with Crippen molar-refractivity contribution >= 4 is 11.8 Å². The minimum atomic E-state index is -0.289. The Hall–Kier alpha value is -1.63. The van der Waals surface area contributed by atoms with E-state index in [0.29, 0.717) is 30.3 Å². The summed E-state index contributed by atoms with van der Waals surface area (Å²) < 4.78 is 1.70. The van der Waals surface area contributed by atoms with Crippen molar-refractivity contribution in [1.82, 2.24) is 9.55 Å². The maximum absolute atomic E-state index is 13.4. The number of aliphatic hydroxyl groups is 2. The molecule has 0 bridgehead atoms. The fourth-order valence-electron chi connectivity index (χ4n) is 3.57. The molecule has 1 aromatic carbocycles. The van der Waals surface area contributed by atoms with Crippen LogP contribution in [0.2, 0.25) is 0 Å². The molecule has 0 saturated heterocycles. The first kappa shape index (κ1) is 19.1. The zero-order chi connectivity index (χ0) is 18.7. The topological polar surface area (TPSA) is 75.3 Å². The lowest BCUT2D eigenvalue weighted by atomic mass is 9.72.